The molecule has 2 rings (SSSR count). The molecular weight excluding hydrogens is 406 g/mol. The average Bonchev–Trinajstić information content (AvgIpc) is 2.55. The van der Waals surface area contributed by atoms with Crippen molar-refractivity contribution in [2.45, 2.75) is 12.7 Å². The van der Waals surface area contributed by atoms with Gasteiger partial charge in [-0.15, -0.1) is 26.3 Å². The van der Waals surface area contributed by atoms with Crippen molar-refractivity contribution >= 4 is 24.2 Å². The van der Waals surface area contributed by atoms with Gasteiger partial charge in [0.2, 0.25) is 0 Å². The van der Waals surface area contributed by atoms with Crippen molar-refractivity contribution in [3.8, 4) is 11.5 Å². The summed E-state index contributed by atoms with van der Waals surface area (Å²) in [4.78, 5) is 20.5. The van der Waals surface area contributed by atoms with Crippen LogP contribution in [0.5, 0.6) is 11.5 Å². The second kappa shape index (κ2) is 9.26. The number of para-hydroxylation sites is 1. The highest BCUT2D eigenvalue weighted by molar-refractivity contribution is 6.32. The molecule has 0 fully saturated rings. The van der Waals surface area contributed by atoms with Crippen LogP contribution < -0.4 is 9.47 Å². The average molecular weight is 415 g/mol. The number of ether oxygens (including phenoxy) is 2. The summed E-state index contributed by atoms with van der Waals surface area (Å²) in [6.45, 7) is 0. The zero-order valence-corrected chi connectivity index (χ0v) is 13.7. The van der Waals surface area contributed by atoms with E-state index in [4.69, 9.17) is 11.6 Å². The maximum absolute atomic E-state index is 11.8. The minimum atomic E-state index is -4.81. The predicted octanol–water partition coefficient (Wildman–Crippen LogP) is 5.45. The number of rotatable bonds is 4. The molecule has 0 N–H and O–H groups in total. The van der Waals surface area contributed by atoms with Crippen molar-refractivity contribution < 1.29 is 45.4 Å². The van der Waals surface area contributed by atoms with Gasteiger partial charge in [-0.2, -0.15) is 0 Å². The van der Waals surface area contributed by atoms with E-state index in [2.05, 4.69) is 9.47 Å². The van der Waals surface area contributed by atoms with Crippen molar-refractivity contribution in [2.75, 3.05) is 0 Å². The van der Waals surface area contributed by atoms with E-state index in [9.17, 15) is 35.9 Å². The van der Waals surface area contributed by atoms with Crippen molar-refractivity contribution in [3.63, 3.8) is 0 Å². The Labute approximate surface area is 153 Å². The van der Waals surface area contributed by atoms with E-state index in [0.717, 1.165) is 18.2 Å². The quantitative estimate of drug-likeness (QED) is 0.493. The lowest BCUT2D eigenvalue weighted by Crippen LogP contribution is -2.17. The van der Waals surface area contributed by atoms with Gasteiger partial charge in [0.1, 0.15) is 17.8 Å². The number of aldehydes is 2. The molecule has 27 heavy (non-hydrogen) atoms. The van der Waals surface area contributed by atoms with Gasteiger partial charge < -0.3 is 9.47 Å². The van der Waals surface area contributed by atoms with Crippen molar-refractivity contribution in [3.05, 3.63) is 58.6 Å². The molecule has 0 aliphatic rings. The molecule has 0 amide bonds. The first-order chi connectivity index (χ1) is 12.4. The van der Waals surface area contributed by atoms with Crippen LogP contribution in [0, 0.1) is 0 Å². The molecule has 11 heteroatoms. The zero-order chi connectivity index (χ0) is 20.7. The predicted molar refractivity (Wildman–Crippen MR) is 82.0 cm³/mol. The third kappa shape index (κ3) is 8.45. The van der Waals surface area contributed by atoms with E-state index in [0.29, 0.717) is 12.6 Å². The summed E-state index contributed by atoms with van der Waals surface area (Å²) in [6, 6.07) is 8.50. The fourth-order valence-electron chi connectivity index (χ4n) is 1.59. The lowest BCUT2D eigenvalue weighted by Gasteiger charge is -2.10. The number of carbonyl (C=O) groups is 2. The Morgan fingerprint density at radius 2 is 1.33 bits per heavy atom. The maximum atomic E-state index is 11.8. The standard InChI is InChI=1S/C8H4ClF3O2.C8H5F3O2/c9-6-2-1-5(4-13)3-7(6)14-8(10,11)12;9-8(10,11)13-7-4-2-1-3-6(7)5-12/h1-4H;1-5H. The molecule has 0 saturated carbocycles. The molecule has 0 heterocycles. The van der Waals surface area contributed by atoms with Gasteiger partial charge in [-0.3, -0.25) is 9.59 Å². The van der Waals surface area contributed by atoms with Crippen molar-refractivity contribution in [1.82, 2.24) is 0 Å². The largest absolute Gasteiger partial charge is 0.573 e. The van der Waals surface area contributed by atoms with Crippen molar-refractivity contribution in [2.24, 2.45) is 0 Å². The molecule has 0 aliphatic carbocycles. The topological polar surface area (TPSA) is 52.6 Å². The Morgan fingerprint density at radius 3 is 1.85 bits per heavy atom. The van der Waals surface area contributed by atoms with Crippen LogP contribution in [0.1, 0.15) is 20.7 Å². The van der Waals surface area contributed by atoms with Crippen molar-refractivity contribution in [1.29, 1.82) is 0 Å². The minimum Gasteiger partial charge on any atom is -0.405 e. The summed E-state index contributed by atoms with van der Waals surface area (Å²) >= 11 is 5.42. The van der Waals surface area contributed by atoms with Crippen LogP contribution in [0.3, 0.4) is 0 Å². The van der Waals surface area contributed by atoms with Crippen LogP contribution in [0.4, 0.5) is 26.3 Å². The monoisotopic (exact) mass is 414 g/mol. The van der Waals surface area contributed by atoms with E-state index in [1.165, 1.54) is 24.3 Å². The number of hydrogen-bond donors (Lipinski definition) is 0. The number of carbonyl (C=O) groups excluding carboxylic acids is 2. The van der Waals surface area contributed by atoms with Crippen LogP contribution in [0.25, 0.3) is 0 Å². The lowest BCUT2D eigenvalue weighted by molar-refractivity contribution is -0.275. The molecular formula is C16H9ClF6O4. The Balaban J connectivity index is 0.000000271. The van der Waals surface area contributed by atoms with Crippen LogP contribution >= 0.6 is 11.6 Å². The highest BCUT2D eigenvalue weighted by Gasteiger charge is 2.32. The zero-order valence-electron chi connectivity index (χ0n) is 13.0. The number of halogens is 7. The second-order valence-electron chi connectivity index (χ2n) is 4.56. The normalized spacial score (nSPS) is 11.1. The van der Waals surface area contributed by atoms with Gasteiger partial charge in [-0.1, -0.05) is 23.7 Å². The first kappa shape index (κ1) is 22.3. The van der Waals surface area contributed by atoms with Gasteiger partial charge in [0.15, 0.2) is 6.29 Å². The summed E-state index contributed by atoms with van der Waals surface area (Å²) in [5, 5.41) is -0.201. The Morgan fingerprint density at radius 1 is 0.778 bits per heavy atom. The first-order valence-electron chi connectivity index (χ1n) is 6.75. The summed E-state index contributed by atoms with van der Waals surface area (Å²) in [5.74, 6) is -1.06. The Kier molecular flexibility index (Phi) is 7.65. The van der Waals surface area contributed by atoms with E-state index in [1.807, 2.05) is 0 Å². The third-order valence-electron chi connectivity index (χ3n) is 2.59. The molecule has 4 nitrogen and oxygen atoms in total. The van der Waals surface area contributed by atoms with Crippen LogP contribution in [0.2, 0.25) is 5.02 Å². The molecule has 0 radical (unpaired) electrons. The smallest absolute Gasteiger partial charge is 0.405 e. The Bertz CT molecular complexity index is 789. The molecule has 0 aliphatic heterocycles. The van der Waals surface area contributed by atoms with Crippen LogP contribution in [-0.2, 0) is 0 Å². The number of benzene rings is 2. The number of alkyl halides is 6. The fraction of sp³-hybridized carbons (Fsp3) is 0.125. The first-order valence-corrected chi connectivity index (χ1v) is 7.13. The molecule has 2 aromatic rings. The highest BCUT2D eigenvalue weighted by Crippen LogP contribution is 2.30. The van der Waals surface area contributed by atoms with Gasteiger partial charge in [-0.25, -0.2) is 0 Å². The second-order valence-corrected chi connectivity index (χ2v) is 4.97. The van der Waals surface area contributed by atoms with Gasteiger partial charge >= 0.3 is 12.7 Å². The van der Waals surface area contributed by atoms with E-state index >= 15 is 0 Å². The summed E-state index contributed by atoms with van der Waals surface area (Å²) in [5.41, 5.74) is -0.0616. The lowest BCUT2D eigenvalue weighted by atomic mass is 10.2. The molecule has 0 unspecified atom stereocenters. The molecule has 0 saturated heterocycles. The van der Waals surface area contributed by atoms with Gasteiger partial charge in [-0.05, 0) is 30.3 Å². The minimum absolute atomic E-state index is 0.0636. The van der Waals surface area contributed by atoms with E-state index in [-0.39, 0.29) is 16.1 Å². The van der Waals surface area contributed by atoms with Gasteiger partial charge in [0, 0.05) is 5.56 Å². The molecule has 2 aromatic carbocycles. The molecule has 0 aromatic heterocycles. The fourth-order valence-corrected chi connectivity index (χ4v) is 1.75. The SMILES string of the molecule is O=Cc1ccc(Cl)c(OC(F)(F)F)c1.O=Cc1ccccc1OC(F)(F)F. The summed E-state index contributed by atoms with van der Waals surface area (Å²) in [7, 11) is 0. The van der Waals surface area contributed by atoms with Crippen LogP contribution in [-0.4, -0.2) is 25.3 Å². The molecule has 146 valence electrons. The van der Waals surface area contributed by atoms with Gasteiger partial charge in [0.05, 0.1) is 10.6 Å². The van der Waals surface area contributed by atoms with Crippen LogP contribution in [0.15, 0.2) is 42.5 Å². The maximum Gasteiger partial charge on any atom is 0.573 e. The number of hydrogen-bond acceptors (Lipinski definition) is 4. The molecule has 0 atom stereocenters. The highest BCUT2D eigenvalue weighted by atomic mass is 35.5. The third-order valence-corrected chi connectivity index (χ3v) is 2.90. The molecule has 0 bridgehead atoms. The summed E-state index contributed by atoms with van der Waals surface area (Å²) in [6.07, 6.45) is -8.87. The molecule has 0 spiro atoms. The Hall–Kier alpha value is -2.75. The van der Waals surface area contributed by atoms with Gasteiger partial charge in [0.25, 0.3) is 0 Å². The van der Waals surface area contributed by atoms with E-state index < -0.39 is 24.2 Å². The van der Waals surface area contributed by atoms with E-state index in [1.54, 1.807) is 0 Å². The summed E-state index contributed by atoms with van der Waals surface area (Å²) < 4.78 is 77.7.